The Balaban J connectivity index is 1.70. The predicted molar refractivity (Wildman–Crippen MR) is 126 cm³/mol. The van der Waals surface area contributed by atoms with Crippen molar-refractivity contribution in [3.8, 4) is 0 Å². The first-order chi connectivity index (χ1) is 15.1. The van der Waals surface area contributed by atoms with E-state index in [1.54, 1.807) is 6.07 Å². The van der Waals surface area contributed by atoms with E-state index in [0.29, 0.717) is 0 Å². The topological polar surface area (TPSA) is 69.7 Å². The van der Waals surface area contributed by atoms with E-state index < -0.39 is 10.0 Å². The van der Waals surface area contributed by atoms with Gasteiger partial charge in [-0.15, -0.1) is 0 Å². The van der Waals surface area contributed by atoms with Crippen molar-refractivity contribution >= 4 is 27.5 Å². The number of hydrogen-bond donors (Lipinski definition) is 1. The third-order valence-corrected chi connectivity index (χ3v) is 9.46. The first-order valence-corrected chi connectivity index (χ1v) is 12.8. The Morgan fingerprint density at radius 1 is 1.16 bits per heavy atom. The molecule has 0 radical (unpaired) electrons. The molecule has 2 aromatic rings. The van der Waals surface area contributed by atoms with Crippen LogP contribution in [-0.4, -0.2) is 56.8 Å². The maximum Gasteiger partial charge on any atom is 0.251 e. The van der Waals surface area contributed by atoms with Gasteiger partial charge in [-0.2, -0.15) is 0 Å². The summed E-state index contributed by atoms with van der Waals surface area (Å²) in [4.78, 5) is 15.8. The Labute approximate surface area is 195 Å². The Hall–Kier alpha value is -1.93. The van der Waals surface area contributed by atoms with Crippen LogP contribution in [0, 0.1) is 5.92 Å². The monoisotopic (exact) mass is 475 g/mol. The molecule has 2 heterocycles. The third kappa shape index (κ3) is 4.07. The lowest BCUT2D eigenvalue weighted by Gasteiger charge is -2.57. The molecule has 5 rings (SSSR count). The predicted octanol–water partition coefficient (Wildman–Crippen LogP) is 3.94. The molecule has 1 amide bonds. The van der Waals surface area contributed by atoms with Crippen LogP contribution in [0.15, 0.2) is 53.4 Å². The lowest BCUT2D eigenvalue weighted by Crippen LogP contribution is -2.62. The number of nitrogens with zero attached hydrogens (tertiary/aromatic N) is 2. The van der Waals surface area contributed by atoms with Gasteiger partial charge in [0.1, 0.15) is 4.90 Å². The molecule has 32 heavy (non-hydrogen) atoms. The summed E-state index contributed by atoms with van der Waals surface area (Å²) in [5.41, 5.74) is 1.18. The standard InChI is InChI=1S/C24H30ClN3O3S/c1-27(2)32(30,31)21-15-19(9-10-20(21)25)23(29)26-22(18-7-5-4-6-8-18)24-13-11-17(12-14-24)16-28(24)3/h4-10,15,17,22H,11-14,16H2,1-3H3,(H,26,29). The molecular weight excluding hydrogens is 446 g/mol. The molecule has 2 aromatic carbocycles. The van der Waals surface area contributed by atoms with E-state index in [2.05, 4.69) is 29.4 Å². The minimum Gasteiger partial charge on any atom is -0.343 e. The summed E-state index contributed by atoms with van der Waals surface area (Å²) >= 11 is 6.18. The van der Waals surface area contributed by atoms with Crippen molar-refractivity contribution in [3.63, 3.8) is 0 Å². The fourth-order valence-electron chi connectivity index (χ4n) is 5.25. The molecule has 6 nitrogen and oxygen atoms in total. The van der Waals surface area contributed by atoms with Gasteiger partial charge in [0.15, 0.2) is 0 Å². The molecule has 3 fully saturated rings. The van der Waals surface area contributed by atoms with E-state index in [4.69, 9.17) is 11.6 Å². The first-order valence-electron chi connectivity index (χ1n) is 10.9. The molecule has 2 bridgehead atoms. The number of halogens is 1. The molecule has 2 aliphatic heterocycles. The van der Waals surface area contributed by atoms with Crippen molar-refractivity contribution in [2.45, 2.75) is 42.2 Å². The Kier molecular flexibility index (Phi) is 6.38. The second-order valence-corrected chi connectivity index (χ2v) is 11.7. The molecular formula is C24H30ClN3O3S. The van der Waals surface area contributed by atoms with Crippen molar-refractivity contribution < 1.29 is 13.2 Å². The van der Waals surface area contributed by atoms with E-state index in [-0.39, 0.29) is 33.0 Å². The van der Waals surface area contributed by atoms with Crippen molar-refractivity contribution in [2.24, 2.45) is 5.92 Å². The Morgan fingerprint density at radius 3 is 2.41 bits per heavy atom. The average Bonchev–Trinajstić information content (AvgIpc) is 2.78. The Bertz CT molecular complexity index is 1100. The number of likely N-dealkylation sites (N-methyl/N-ethyl adjacent to an activating group) is 1. The van der Waals surface area contributed by atoms with Gasteiger partial charge in [0.2, 0.25) is 10.0 Å². The highest BCUT2D eigenvalue weighted by Crippen LogP contribution is 2.49. The first kappa shape index (κ1) is 23.2. The maximum atomic E-state index is 13.4. The molecule has 3 aliphatic rings. The average molecular weight is 476 g/mol. The van der Waals surface area contributed by atoms with Crippen LogP contribution in [0.3, 0.4) is 0 Å². The summed E-state index contributed by atoms with van der Waals surface area (Å²) in [5.74, 6) is 0.422. The number of carbonyl (C=O) groups excluding carboxylic acids is 1. The van der Waals surface area contributed by atoms with Gasteiger partial charge >= 0.3 is 0 Å². The van der Waals surface area contributed by atoms with Gasteiger partial charge in [0.25, 0.3) is 5.91 Å². The summed E-state index contributed by atoms with van der Waals surface area (Å²) in [7, 11) is 1.27. The largest absolute Gasteiger partial charge is 0.343 e. The minimum atomic E-state index is -3.77. The van der Waals surface area contributed by atoms with E-state index in [9.17, 15) is 13.2 Å². The highest BCUT2D eigenvalue weighted by atomic mass is 35.5. The van der Waals surface area contributed by atoms with Crippen molar-refractivity contribution in [3.05, 3.63) is 64.7 Å². The second-order valence-electron chi connectivity index (χ2n) is 9.18. The van der Waals surface area contributed by atoms with Crippen LogP contribution in [0.5, 0.6) is 0 Å². The van der Waals surface area contributed by atoms with Crippen molar-refractivity contribution in [2.75, 3.05) is 27.7 Å². The van der Waals surface area contributed by atoms with E-state index >= 15 is 0 Å². The number of piperidine rings is 2. The summed E-state index contributed by atoms with van der Waals surface area (Å²) in [6.45, 7) is 1.03. The summed E-state index contributed by atoms with van der Waals surface area (Å²) < 4.78 is 26.4. The van der Waals surface area contributed by atoms with Gasteiger partial charge in [-0.25, -0.2) is 12.7 Å². The number of rotatable bonds is 6. The highest BCUT2D eigenvalue weighted by molar-refractivity contribution is 7.89. The fraction of sp³-hybridized carbons (Fsp3) is 0.458. The molecule has 2 saturated heterocycles. The zero-order valence-electron chi connectivity index (χ0n) is 18.7. The molecule has 172 valence electrons. The maximum absolute atomic E-state index is 13.4. The number of benzene rings is 2. The summed E-state index contributed by atoms with van der Waals surface area (Å²) in [5, 5.41) is 3.36. The van der Waals surface area contributed by atoms with E-state index in [0.717, 1.165) is 48.0 Å². The molecule has 1 N–H and O–H groups in total. The smallest absolute Gasteiger partial charge is 0.251 e. The van der Waals surface area contributed by atoms with Crippen LogP contribution in [0.1, 0.15) is 47.6 Å². The molecule has 1 aliphatic carbocycles. The van der Waals surface area contributed by atoms with E-state index in [1.807, 2.05) is 18.2 Å². The van der Waals surface area contributed by atoms with Crippen molar-refractivity contribution in [1.82, 2.24) is 14.5 Å². The van der Waals surface area contributed by atoms with Crippen molar-refractivity contribution in [1.29, 1.82) is 0 Å². The van der Waals surface area contributed by atoms with Crippen LogP contribution < -0.4 is 5.32 Å². The molecule has 1 saturated carbocycles. The quantitative estimate of drug-likeness (QED) is 0.687. The lowest BCUT2D eigenvalue weighted by molar-refractivity contribution is -0.0404. The van der Waals surface area contributed by atoms with Gasteiger partial charge in [-0.05, 0) is 62.4 Å². The number of hydrogen-bond acceptors (Lipinski definition) is 4. The Morgan fingerprint density at radius 2 is 1.81 bits per heavy atom. The fourth-order valence-corrected chi connectivity index (χ4v) is 6.64. The van der Waals surface area contributed by atoms with Crippen LogP contribution in [0.25, 0.3) is 0 Å². The SMILES string of the molecule is CN1CC2CCC1(C(NC(=O)c1ccc(Cl)c(S(=O)(=O)N(C)C)c1)c1ccccc1)CC2. The molecule has 1 atom stereocenters. The third-order valence-electron chi connectivity index (χ3n) is 7.16. The molecule has 1 unspecified atom stereocenters. The zero-order chi connectivity index (χ0) is 23.1. The van der Waals surface area contributed by atoms with Crippen LogP contribution in [0.4, 0.5) is 0 Å². The van der Waals surface area contributed by atoms with Crippen LogP contribution in [0.2, 0.25) is 5.02 Å². The van der Waals surface area contributed by atoms with Crippen LogP contribution in [-0.2, 0) is 10.0 Å². The molecule has 8 heteroatoms. The molecule has 0 aromatic heterocycles. The highest BCUT2D eigenvalue weighted by Gasteiger charge is 2.50. The lowest BCUT2D eigenvalue weighted by atomic mass is 9.66. The zero-order valence-corrected chi connectivity index (χ0v) is 20.3. The van der Waals surface area contributed by atoms with Gasteiger partial charge < -0.3 is 5.32 Å². The van der Waals surface area contributed by atoms with Gasteiger partial charge in [0, 0.05) is 31.7 Å². The number of amides is 1. The number of fused-ring (bicyclic) bond motifs is 3. The summed E-state index contributed by atoms with van der Waals surface area (Å²) in [6, 6.07) is 14.3. The molecule has 0 spiro atoms. The number of sulfonamides is 1. The van der Waals surface area contributed by atoms with E-state index in [1.165, 1.54) is 26.2 Å². The van der Waals surface area contributed by atoms with Gasteiger partial charge in [-0.1, -0.05) is 41.9 Å². The minimum absolute atomic E-state index is 0.0680. The van der Waals surface area contributed by atoms with Crippen LogP contribution >= 0.6 is 11.6 Å². The number of nitrogens with one attached hydrogen (secondary N) is 1. The summed E-state index contributed by atoms with van der Waals surface area (Å²) in [6.07, 6.45) is 4.37. The second kappa shape index (κ2) is 8.78. The van der Waals surface area contributed by atoms with Gasteiger partial charge in [0.05, 0.1) is 11.1 Å². The number of carbonyl (C=O) groups is 1. The normalized spacial score (nSPS) is 24.5. The van der Waals surface area contributed by atoms with Gasteiger partial charge in [-0.3, -0.25) is 9.69 Å².